The smallest absolute Gasteiger partial charge is 0.258 e. The van der Waals surface area contributed by atoms with Crippen molar-refractivity contribution in [3.63, 3.8) is 0 Å². The number of hydrogen-bond acceptors (Lipinski definition) is 4. The summed E-state index contributed by atoms with van der Waals surface area (Å²) in [6, 6.07) is 14.6. The van der Waals surface area contributed by atoms with E-state index in [1.807, 2.05) is 24.3 Å². The molecule has 0 aromatic heterocycles. The standard InChI is InChI=1S/C22H23N3O2/c1-14(2)19-17-8-6-7-9-18(17)23-21(22(3,4)5)24-20(19)15-10-12-16(13-11-15)25(26)27/h6-13H,1-5H3. The number of hydrogen-bond donors (Lipinski definition) is 0. The summed E-state index contributed by atoms with van der Waals surface area (Å²) in [6.07, 6.45) is 0. The Morgan fingerprint density at radius 3 is 2.15 bits per heavy atom. The molecule has 0 amide bonds. The van der Waals surface area contributed by atoms with Gasteiger partial charge >= 0.3 is 0 Å². The molecule has 0 saturated heterocycles. The van der Waals surface area contributed by atoms with Crippen molar-refractivity contribution >= 4 is 28.5 Å². The van der Waals surface area contributed by atoms with Gasteiger partial charge in [0, 0.05) is 34.2 Å². The maximum Gasteiger partial charge on any atom is 0.269 e. The van der Waals surface area contributed by atoms with E-state index in [-0.39, 0.29) is 11.1 Å². The van der Waals surface area contributed by atoms with E-state index in [2.05, 4.69) is 34.6 Å². The molecule has 1 aliphatic heterocycles. The van der Waals surface area contributed by atoms with Crippen LogP contribution in [0, 0.1) is 15.5 Å². The van der Waals surface area contributed by atoms with Crippen molar-refractivity contribution in [1.29, 1.82) is 0 Å². The zero-order chi connectivity index (χ0) is 19.8. The number of benzene rings is 2. The average Bonchev–Trinajstić information content (AvgIpc) is 2.78. The summed E-state index contributed by atoms with van der Waals surface area (Å²) in [7, 11) is 0. The van der Waals surface area contributed by atoms with Gasteiger partial charge < -0.3 is 0 Å². The second-order valence-corrected chi connectivity index (χ2v) is 7.84. The van der Waals surface area contributed by atoms with Crippen LogP contribution in [0.5, 0.6) is 0 Å². The van der Waals surface area contributed by atoms with Crippen molar-refractivity contribution < 1.29 is 4.92 Å². The number of non-ortho nitro benzene ring substituents is 1. The summed E-state index contributed by atoms with van der Waals surface area (Å²) >= 11 is 0. The molecule has 5 heteroatoms. The predicted molar refractivity (Wildman–Crippen MR) is 111 cm³/mol. The summed E-state index contributed by atoms with van der Waals surface area (Å²) in [5, 5.41) is 11.0. The SMILES string of the molecule is CC(C)=C1C(c2ccc([N+](=O)[O-])cc2)=NC(C(C)(C)C)=Nc2ccccc21. The number of nitro groups is 1. The zero-order valence-corrected chi connectivity index (χ0v) is 16.3. The van der Waals surface area contributed by atoms with Crippen LogP contribution in [0.4, 0.5) is 11.4 Å². The van der Waals surface area contributed by atoms with E-state index >= 15 is 0 Å². The van der Waals surface area contributed by atoms with Crippen molar-refractivity contribution in [3.8, 4) is 0 Å². The van der Waals surface area contributed by atoms with E-state index < -0.39 is 4.92 Å². The summed E-state index contributed by atoms with van der Waals surface area (Å²) < 4.78 is 0. The van der Waals surface area contributed by atoms with Crippen molar-refractivity contribution in [2.75, 3.05) is 0 Å². The van der Waals surface area contributed by atoms with E-state index in [9.17, 15) is 10.1 Å². The van der Waals surface area contributed by atoms with Gasteiger partial charge in [0.1, 0.15) is 5.84 Å². The maximum atomic E-state index is 11.0. The molecule has 138 valence electrons. The molecular weight excluding hydrogens is 338 g/mol. The van der Waals surface area contributed by atoms with Crippen molar-refractivity contribution in [2.45, 2.75) is 34.6 Å². The quantitative estimate of drug-likeness (QED) is 0.488. The van der Waals surface area contributed by atoms with Crippen LogP contribution in [0.3, 0.4) is 0 Å². The van der Waals surface area contributed by atoms with Crippen LogP contribution < -0.4 is 0 Å². The molecule has 3 rings (SSSR count). The van der Waals surface area contributed by atoms with Gasteiger partial charge in [-0.25, -0.2) is 9.98 Å². The van der Waals surface area contributed by atoms with E-state index in [1.54, 1.807) is 12.1 Å². The zero-order valence-electron chi connectivity index (χ0n) is 16.3. The highest BCUT2D eigenvalue weighted by atomic mass is 16.6. The van der Waals surface area contributed by atoms with Crippen LogP contribution in [-0.4, -0.2) is 16.5 Å². The second kappa shape index (κ2) is 6.91. The Morgan fingerprint density at radius 1 is 0.963 bits per heavy atom. The predicted octanol–water partition coefficient (Wildman–Crippen LogP) is 5.97. The molecule has 0 spiro atoms. The second-order valence-electron chi connectivity index (χ2n) is 7.84. The molecule has 0 unspecified atom stereocenters. The Morgan fingerprint density at radius 2 is 1.59 bits per heavy atom. The fraction of sp³-hybridized carbons (Fsp3) is 0.273. The van der Waals surface area contributed by atoms with Gasteiger partial charge in [0.2, 0.25) is 0 Å². The van der Waals surface area contributed by atoms with E-state index in [1.165, 1.54) is 12.1 Å². The first-order valence-corrected chi connectivity index (χ1v) is 8.88. The highest BCUT2D eigenvalue weighted by molar-refractivity contribution is 6.36. The summed E-state index contributed by atoms with van der Waals surface area (Å²) in [5.74, 6) is 0.736. The number of fused-ring (bicyclic) bond motifs is 1. The highest BCUT2D eigenvalue weighted by Gasteiger charge is 2.26. The van der Waals surface area contributed by atoms with Crippen LogP contribution in [0.25, 0.3) is 5.57 Å². The van der Waals surface area contributed by atoms with E-state index in [4.69, 9.17) is 9.98 Å². The lowest BCUT2D eigenvalue weighted by atomic mass is 9.91. The number of allylic oxidation sites excluding steroid dienone is 2. The molecule has 0 saturated carbocycles. The van der Waals surface area contributed by atoms with Gasteiger partial charge in [-0.05, 0) is 32.0 Å². The molecule has 2 aromatic carbocycles. The largest absolute Gasteiger partial charge is 0.269 e. The van der Waals surface area contributed by atoms with Gasteiger partial charge in [-0.1, -0.05) is 44.5 Å². The molecule has 0 atom stereocenters. The van der Waals surface area contributed by atoms with Crippen LogP contribution in [0.15, 0.2) is 64.1 Å². The number of aliphatic imine (C=N–C) groups is 2. The fourth-order valence-electron chi connectivity index (χ4n) is 3.00. The van der Waals surface area contributed by atoms with Crippen LogP contribution in [-0.2, 0) is 0 Å². The molecule has 0 radical (unpaired) electrons. The lowest BCUT2D eigenvalue weighted by Crippen LogP contribution is -2.20. The highest BCUT2D eigenvalue weighted by Crippen LogP contribution is 2.36. The summed E-state index contributed by atoms with van der Waals surface area (Å²) in [4.78, 5) is 20.4. The number of rotatable bonds is 2. The first-order valence-electron chi connectivity index (χ1n) is 8.88. The van der Waals surface area contributed by atoms with Crippen molar-refractivity contribution in [2.24, 2.45) is 15.4 Å². The Balaban J connectivity index is 2.29. The molecule has 0 aliphatic carbocycles. The average molecular weight is 361 g/mol. The van der Waals surface area contributed by atoms with E-state index in [0.717, 1.165) is 39.5 Å². The molecule has 1 heterocycles. The molecule has 27 heavy (non-hydrogen) atoms. The van der Waals surface area contributed by atoms with Gasteiger partial charge in [0.25, 0.3) is 5.69 Å². The van der Waals surface area contributed by atoms with Crippen LogP contribution in [0.1, 0.15) is 45.7 Å². The Kier molecular flexibility index (Phi) is 4.79. The van der Waals surface area contributed by atoms with Gasteiger partial charge in [0.15, 0.2) is 0 Å². The third kappa shape index (κ3) is 3.72. The Hall–Kier alpha value is -3.08. The minimum Gasteiger partial charge on any atom is -0.258 e. The molecule has 0 fully saturated rings. The van der Waals surface area contributed by atoms with E-state index in [0.29, 0.717) is 0 Å². The normalized spacial score (nSPS) is 14.0. The van der Waals surface area contributed by atoms with Crippen molar-refractivity contribution in [3.05, 3.63) is 75.3 Å². The minimum absolute atomic E-state index is 0.0665. The van der Waals surface area contributed by atoms with Crippen molar-refractivity contribution in [1.82, 2.24) is 0 Å². The first-order chi connectivity index (χ1) is 12.7. The van der Waals surface area contributed by atoms with Crippen LogP contribution >= 0.6 is 0 Å². The summed E-state index contributed by atoms with van der Waals surface area (Å²) in [5.41, 5.74) is 5.50. The monoisotopic (exact) mass is 361 g/mol. The first kappa shape index (κ1) is 18.7. The van der Waals surface area contributed by atoms with Gasteiger partial charge in [0.05, 0.1) is 16.3 Å². The van der Waals surface area contributed by atoms with Gasteiger partial charge in [-0.15, -0.1) is 0 Å². The molecule has 0 N–H and O–H groups in total. The topological polar surface area (TPSA) is 67.9 Å². The minimum atomic E-state index is -0.391. The molecule has 0 bridgehead atoms. The third-order valence-corrected chi connectivity index (χ3v) is 4.38. The fourth-order valence-corrected chi connectivity index (χ4v) is 3.00. The maximum absolute atomic E-state index is 11.0. The number of amidine groups is 1. The number of para-hydroxylation sites is 1. The molecule has 2 aromatic rings. The summed E-state index contributed by atoms with van der Waals surface area (Å²) in [6.45, 7) is 10.3. The van der Waals surface area contributed by atoms with Crippen LogP contribution in [0.2, 0.25) is 0 Å². The lowest BCUT2D eigenvalue weighted by Gasteiger charge is -2.18. The Bertz CT molecular complexity index is 987. The van der Waals surface area contributed by atoms with Gasteiger partial charge in [-0.3, -0.25) is 10.1 Å². The third-order valence-electron chi connectivity index (χ3n) is 4.38. The van der Waals surface area contributed by atoms with Gasteiger partial charge in [-0.2, -0.15) is 0 Å². The molecule has 5 nitrogen and oxygen atoms in total. The Labute approximate surface area is 159 Å². The number of nitro benzene ring substituents is 1. The molecule has 1 aliphatic rings. The lowest BCUT2D eigenvalue weighted by molar-refractivity contribution is -0.384. The number of nitrogens with zero attached hydrogens (tertiary/aromatic N) is 3. The molecular formula is C22H23N3O2.